The van der Waals surface area contributed by atoms with Crippen LogP contribution in [0.3, 0.4) is 0 Å². The molecule has 18 heavy (non-hydrogen) atoms. The summed E-state index contributed by atoms with van der Waals surface area (Å²) in [6.45, 7) is 6.40. The van der Waals surface area contributed by atoms with Gasteiger partial charge >= 0.3 is 0 Å². The lowest BCUT2D eigenvalue weighted by molar-refractivity contribution is 0.271. The van der Waals surface area contributed by atoms with Crippen molar-refractivity contribution in [1.82, 2.24) is 0 Å². The van der Waals surface area contributed by atoms with Gasteiger partial charge in [0, 0.05) is 10.4 Å². The first-order chi connectivity index (χ1) is 8.49. The quantitative estimate of drug-likeness (QED) is 0.471. The molecule has 1 rings (SSSR count). The molecule has 0 unspecified atom stereocenters. The Morgan fingerprint density at radius 2 is 2.00 bits per heavy atom. The number of rotatable bonds is 4. The van der Waals surface area contributed by atoms with E-state index >= 15 is 0 Å². The summed E-state index contributed by atoms with van der Waals surface area (Å²) in [5.74, 6) is 0.474. The molecule has 0 saturated carbocycles. The van der Waals surface area contributed by atoms with Crippen LogP contribution in [-0.4, -0.2) is 12.5 Å². The van der Waals surface area contributed by atoms with Gasteiger partial charge < -0.3 is 4.74 Å². The molecule has 0 amide bonds. The Hall–Kier alpha value is -1.53. The van der Waals surface area contributed by atoms with Crippen LogP contribution in [0.2, 0.25) is 5.02 Å². The minimum atomic E-state index is -0.320. The molecule has 0 N–H and O–H groups in total. The van der Waals surface area contributed by atoms with E-state index in [0.717, 1.165) is 12.0 Å². The highest BCUT2D eigenvalue weighted by molar-refractivity contribution is 6.30. The van der Waals surface area contributed by atoms with Crippen LogP contribution in [0.4, 0.5) is 0 Å². The summed E-state index contributed by atoms with van der Waals surface area (Å²) in [5.41, 5.74) is 0.814. The van der Waals surface area contributed by atoms with Crippen LogP contribution in [0.5, 0.6) is 0 Å². The maximum atomic E-state index is 8.69. The van der Waals surface area contributed by atoms with Crippen molar-refractivity contribution in [3.63, 3.8) is 0 Å². The molecule has 0 aromatic heterocycles. The van der Waals surface area contributed by atoms with Crippen LogP contribution in [0.15, 0.2) is 29.3 Å². The summed E-state index contributed by atoms with van der Waals surface area (Å²) in [6, 6.07) is 7.66. The van der Waals surface area contributed by atoms with Crippen LogP contribution in [0.25, 0.3) is 0 Å². The van der Waals surface area contributed by atoms with Crippen molar-refractivity contribution in [3.05, 3.63) is 34.9 Å². The summed E-state index contributed by atoms with van der Waals surface area (Å²) in [5, 5.41) is 9.41. The van der Waals surface area contributed by atoms with Crippen molar-refractivity contribution >= 4 is 17.5 Å². The molecule has 3 nitrogen and oxygen atoms in total. The van der Waals surface area contributed by atoms with Gasteiger partial charge in [0.25, 0.3) is 0 Å². The topological polar surface area (TPSA) is 45.4 Å². The normalized spacial score (nSPS) is 12.1. The molecule has 0 heterocycles. The molecular weight excluding hydrogens is 248 g/mol. The molecule has 0 aliphatic carbocycles. The third-order valence-electron chi connectivity index (χ3n) is 2.57. The van der Waals surface area contributed by atoms with E-state index < -0.39 is 0 Å². The second-order valence-corrected chi connectivity index (χ2v) is 5.07. The van der Waals surface area contributed by atoms with Crippen LogP contribution in [0, 0.1) is 16.9 Å². The largest absolute Gasteiger partial charge is 0.480 e. The number of nitrogens with zero attached hydrogens (tertiary/aromatic N) is 2. The third-order valence-corrected chi connectivity index (χ3v) is 2.82. The van der Waals surface area contributed by atoms with Crippen LogP contribution >= 0.6 is 11.6 Å². The van der Waals surface area contributed by atoms with Crippen molar-refractivity contribution < 1.29 is 4.74 Å². The summed E-state index contributed by atoms with van der Waals surface area (Å²) in [6.07, 6.45) is 2.54. The van der Waals surface area contributed by atoms with Gasteiger partial charge in [-0.15, -0.1) is 4.99 Å². The third kappa shape index (κ3) is 4.05. The smallest absolute Gasteiger partial charge is 0.208 e. The lowest BCUT2D eigenvalue weighted by Crippen LogP contribution is -2.29. The first-order valence-corrected chi connectivity index (χ1v) is 6.22. The number of nitriles is 1. The van der Waals surface area contributed by atoms with Gasteiger partial charge in [-0.1, -0.05) is 37.6 Å². The Morgan fingerprint density at radius 3 is 2.50 bits per heavy atom. The minimum absolute atomic E-state index is 0.320. The zero-order chi connectivity index (χ0) is 13.6. The fourth-order valence-corrected chi connectivity index (χ4v) is 1.88. The number of halogens is 1. The first kappa shape index (κ1) is 14.5. The fourth-order valence-electron chi connectivity index (χ4n) is 1.75. The standard InChI is InChI=1S/C14H17ClN2O/c1-4-18-13(17-10-16)14(2,3)9-11-5-7-12(15)8-6-11/h5-8H,4,9H2,1-3H3/b17-13-. The Kier molecular flexibility index (Phi) is 5.18. The molecule has 0 fully saturated rings. The highest BCUT2D eigenvalue weighted by Gasteiger charge is 2.27. The predicted molar refractivity (Wildman–Crippen MR) is 73.6 cm³/mol. The molecule has 0 bridgehead atoms. The molecule has 0 saturated heterocycles. The molecule has 96 valence electrons. The van der Waals surface area contributed by atoms with Crippen molar-refractivity contribution in [3.8, 4) is 6.19 Å². The van der Waals surface area contributed by atoms with E-state index in [1.807, 2.05) is 45.0 Å². The average Bonchev–Trinajstić information content (AvgIpc) is 2.32. The number of hydrogen-bond donors (Lipinski definition) is 0. The Labute approximate surface area is 113 Å². The van der Waals surface area contributed by atoms with Gasteiger partial charge in [-0.2, -0.15) is 5.26 Å². The summed E-state index contributed by atoms with van der Waals surface area (Å²) < 4.78 is 5.44. The van der Waals surface area contributed by atoms with Gasteiger partial charge in [0.15, 0.2) is 0 Å². The summed E-state index contributed by atoms with van der Waals surface area (Å²) in [7, 11) is 0. The molecule has 0 radical (unpaired) electrons. The zero-order valence-electron chi connectivity index (χ0n) is 10.9. The van der Waals surface area contributed by atoms with Crippen LogP contribution in [0.1, 0.15) is 26.3 Å². The summed E-state index contributed by atoms with van der Waals surface area (Å²) in [4.78, 5) is 3.77. The van der Waals surface area contributed by atoms with E-state index in [2.05, 4.69) is 4.99 Å². The van der Waals surface area contributed by atoms with Crippen molar-refractivity contribution in [2.45, 2.75) is 27.2 Å². The molecule has 0 aliphatic heterocycles. The van der Waals surface area contributed by atoms with Gasteiger partial charge in [0.2, 0.25) is 12.1 Å². The maximum Gasteiger partial charge on any atom is 0.208 e. The highest BCUT2D eigenvalue weighted by Crippen LogP contribution is 2.25. The number of benzene rings is 1. The molecule has 0 atom stereocenters. The van der Waals surface area contributed by atoms with Crippen LogP contribution in [-0.2, 0) is 11.2 Å². The van der Waals surface area contributed by atoms with Gasteiger partial charge in [0.1, 0.15) is 0 Å². The monoisotopic (exact) mass is 264 g/mol. The average molecular weight is 265 g/mol. The maximum absolute atomic E-state index is 8.69. The molecule has 0 aliphatic rings. The Balaban J connectivity index is 2.89. The van der Waals surface area contributed by atoms with E-state index in [1.165, 1.54) is 0 Å². The summed E-state index contributed by atoms with van der Waals surface area (Å²) >= 11 is 5.85. The first-order valence-electron chi connectivity index (χ1n) is 5.84. The lowest BCUT2D eigenvalue weighted by Gasteiger charge is -2.25. The van der Waals surface area contributed by atoms with Gasteiger partial charge in [0.05, 0.1) is 6.61 Å². The molecule has 1 aromatic carbocycles. The van der Waals surface area contributed by atoms with E-state index in [-0.39, 0.29) is 5.41 Å². The van der Waals surface area contributed by atoms with Crippen LogP contribution < -0.4 is 0 Å². The fraction of sp³-hybridized carbons (Fsp3) is 0.429. The molecule has 1 aromatic rings. The predicted octanol–water partition coefficient (Wildman–Crippen LogP) is 3.82. The number of ether oxygens (including phenoxy) is 1. The van der Waals surface area contributed by atoms with Crippen molar-refractivity contribution in [1.29, 1.82) is 5.26 Å². The second kappa shape index (κ2) is 6.42. The van der Waals surface area contributed by atoms with Crippen molar-refractivity contribution in [2.24, 2.45) is 10.4 Å². The number of aliphatic imine (C=N–C) groups is 1. The van der Waals surface area contributed by atoms with E-state index in [9.17, 15) is 0 Å². The van der Waals surface area contributed by atoms with E-state index in [0.29, 0.717) is 17.5 Å². The Bertz CT molecular complexity index is 458. The number of hydrogen-bond acceptors (Lipinski definition) is 3. The lowest BCUT2D eigenvalue weighted by atomic mass is 9.85. The highest BCUT2D eigenvalue weighted by atomic mass is 35.5. The van der Waals surface area contributed by atoms with Gasteiger partial charge in [-0.25, -0.2) is 0 Å². The van der Waals surface area contributed by atoms with E-state index in [1.54, 1.807) is 6.19 Å². The van der Waals surface area contributed by atoms with Gasteiger partial charge in [-0.3, -0.25) is 0 Å². The molecular formula is C14H17ClN2O. The molecule has 4 heteroatoms. The second-order valence-electron chi connectivity index (χ2n) is 4.64. The SMILES string of the molecule is CCO/C(=N\C#N)C(C)(C)Cc1ccc(Cl)cc1. The zero-order valence-corrected chi connectivity index (χ0v) is 11.7. The molecule has 0 spiro atoms. The Morgan fingerprint density at radius 1 is 1.39 bits per heavy atom. The minimum Gasteiger partial charge on any atom is -0.480 e. The van der Waals surface area contributed by atoms with Crippen molar-refractivity contribution in [2.75, 3.05) is 6.61 Å². The van der Waals surface area contributed by atoms with Gasteiger partial charge in [-0.05, 0) is 31.0 Å². The van der Waals surface area contributed by atoms with E-state index in [4.69, 9.17) is 21.6 Å².